The van der Waals surface area contributed by atoms with Crippen LogP contribution >= 0.6 is 0 Å². The fourth-order valence-electron chi connectivity index (χ4n) is 1.83. The molecule has 0 aromatic rings. The van der Waals surface area contributed by atoms with Gasteiger partial charge < -0.3 is 21.1 Å². The molecule has 1 heterocycles. The molecule has 5 heteroatoms. The maximum absolute atomic E-state index is 11.9. The summed E-state index contributed by atoms with van der Waals surface area (Å²) in [6, 6.07) is -0.284. The van der Waals surface area contributed by atoms with E-state index in [1.54, 1.807) is 4.90 Å². The van der Waals surface area contributed by atoms with Gasteiger partial charge in [0.25, 0.3) is 0 Å². The van der Waals surface area contributed by atoms with Crippen LogP contribution in [0.3, 0.4) is 0 Å². The van der Waals surface area contributed by atoms with Crippen LogP contribution < -0.4 is 11.5 Å². The molecular formula is C11H23N3O2. The lowest BCUT2D eigenvalue weighted by Gasteiger charge is -2.41. The normalized spacial score (nSPS) is 31.4. The predicted molar refractivity (Wildman–Crippen MR) is 63.0 cm³/mol. The van der Waals surface area contributed by atoms with Crippen molar-refractivity contribution in [3.8, 4) is 0 Å². The van der Waals surface area contributed by atoms with Crippen LogP contribution in [0.1, 0.15) is 34.1 Å². The van der Waals surface area contributed by atoms with Crippen LogP contribution in [-0.4, -0.2) is 41.3 Å². The van der Waals surface area contributed by atoms with Crippen molar-refractivity contribution in [2.45, 2.75) is 57.8 Å². The second kappa shape index (κ2) is 4.59. The van der Waals surface area contributed by atoms with Crippen molar-refractivity contribution < 1.29 is 9.53 Å². The summed E-state index contributed by atoms with van der Waals surface area (Å²) in [6.45, 7) is 8.08. The summed E-state index contributed by atoms with van der Waals surface area (Å²) in [6.07, 6.45) is 0.424. The van der Waals surface area contributed by atoms with Crippen molar-refractivity contribution in [1.82, 2.24) is 4.90 Å². The predicted octanol–water partition coefficient (Wildman–Crippen LogP) is 0.670. The Morgan fingerprint density at radius 2 is 1.94 bits per heavy atom. The Hall–Kier alpha value is -0.810. The number of piperidine rings is 1. The van der Waals surface area contributed by atoms with Crippen LogP contribution in [-0.2, 0) is 4.74 Å². The van der Waals surface area contributed by atoms with Gasteiger partial charge >= 0.3 is 6.09 Å². The zero-order valence-corrected chi connectivity index (χ0v) is 10.6. The van der Waals surface area contributed by atoms with E-state index >= 15 is 0 Å². The molecule has 16 heavy (non-hydrogen) atoms. The lowest BCUT2D eigenvalue weighted by atomic mass is 9.94. The molecule has 1 fully saturated rings. The Labute approximate surface area is 97.1 Å². The van der Waals surface area contributed by atoms with E-state index < -0.39 is 5.60 Å². The fourth-order valence-corrected chi connectivity index (χ4v) is 1.83. The minimum absolute atomic E-state index is 0.0336. The number of likely N-dealkylation sites (tertiary alicyclic amines) is 1. The minimum atomic E-state index is -0.472. The van der Waals surface area contributed by atoms with Gasteiger partial charge in [-0.2, -0.15) is 0 Å². The number of carbonyl (C=O) groups excluding carboxylic acids is 1. The summed E-state index contributed by atoms with van der Waals surface area (Å²) < 4.78 is 5.32. The number of rotatable bonds is 0. The molecule has 1 amide bonds. The number of hydrogen-bond donors (Lipinski definition) is 2. The molecule has 0 bridgehead atoms. The summed E-state index contributed by atoms with van der Waals surface area (Å²) >= 11 is 0. The second-order valence-electron chi connectivity index (χ2n) is 5.44. The first-order chi connectivity index (χ1) is 7.22. The van der Waals surface area contributed by atoms with E-state index in [-0.39, 0.29) is 24.2 Å². The Bertz CT molecular complexity index is 262. The van der Waals surface area contributed by atoms with Gasteiger partial charge in [0.1, 0.15) is 5.60 Å². The Kier molecular flexibility index (Phi) is 3.80. The third-order valence-electron chi connectivity index (χ3n) is 2.87. The van der Waals surface area contributed by atoms with E-state index in [0.29, 0.717) is 6.54 Å². The molecule has 0 aliphatic carbocycles. The summed E-state index contributed by atoms with van der Waals surface area (Å²) in [5.41, 5.74) is 11.3. The first kappa shape index (κ1) is 13.3. The molecule has 0 radical (unpaired) electrons. The molecule has 0 spiro atoms. The van der Waals surface area contributed by atoms with Gasteiger partial charge in [0.15, 0.2) is 0 Å². The van der Waals surface area contributed by atoms with Gasteiger partial charge in [-0.15, -0.1) is 0 Å². The van der Waals surface area contributed by atoms with E-state index in [9.17, 15) is 4.79 Å². The number of nitrogens with zero attached hydrogens (tertiary/aromatic N) is 1. The lowest BCUT2D eigenvalue weighted by Crippen LogP contribution is -2.61. The molecule has 1 aliphatic heterocycles. The Balaban J connectivity index is 2.64. The number of nitrogens with two attached hydrogens (primary N) is 2. The quantitative estimate of drug-likeness (QED) is 0.639. The second-order valence-corrected chi connectivity index (χ2v) is 5.44. The van der Waals surface area contributed by atoms with Crippen LogP contribution in [0.15, 0.2) is 0 Å². The smallest absolute Gasteiger partial charge is 0.410 e. The Morgan fingerprint density at radius 1 is 1.38 bits per heavy atom. The van der Waals surface area contributed by atoms with E-state index in [0.717, 1.165) is 6.42 Å². The van der Waals surface area contributed by atoms with Crippen LogP contribution in [0.2, 0.25) is 0 Å². The number of carbonyl (C=O) groups is 1. The van der Waals surface area contributed by atoms with Gasteiger partial charge in [0, 0.05) is 24.7 Å². The molecule has 94 valence electrons. The van der Waals surface area contributed by atoms with Crippen molar-refractivity contribution in [2.75, 3.05) is 6.54 Å². The number of amides is 1. The van der Waals surface area contributed by atoms with Gasteiger partial charge in [-0.25, -0.2) is 4.79 Å². The monoisotopic (exact) mass is 229 g/mol. The van der Waals surface area contributed by atoms with Crippen molar-refractivity contribution in [2.24, 2.45) is 11.5 Å². The zero-order chi connectivity index (χ0) is 12.5. The van der Waals surface area contributed by atoms with E-state index in [1.165, 1.54) is 0 Å². The lowest BCUT2D eigenvalue weighted by molar-refractivity contribution is 0.00752. The average molecular weight is 229 g/mol. The summed E-state index contributed by atoms with van der Waals surface area (Å²) in [4.78, 5) is 13.5. The van der Waals surface area contributed by atoms with Gasteiger partial charge in [0.2, 0.25) is 0 Å². The fraction of sp³-hybridized carbons (Fsp3) is 0.909. The van der Waals surface area contributed by atoms with E-state index in [2.05, 4.69) is 0 Å². The number of hydrogen-bond acceptors (Lipinski definition) is 4. The molecule has 1 rings (SSSR count). The van der Waals surface area contributed by atoms with Crippen molar-refractivity contribution >= 4 is 6.09 Å². The van der Waals surface area contributed by atoms with E-state index in [4.69, 9.17) is 16.2 Å². The van der Waals surface area contributed by atoms with E-state index in [1.807, 2.05) is 27.7 Å². The van der Waals surface area contributed by atoms with Gasteiger partial charge in [-0.3, -0.25) is 0 Å². The topological polar surface area (TPSA) is 81.6 Å². The first-order valence-corrected chi connectivity index (χ1v) is 5.73. The van der Waals surface area contributed by atoms with Gasteiger partial charge in [0.05, 0.1) is 0 Å². The highest BCUT2D eigenvalue weighted by molar-refractivity contribution is 5.68. The molecule has 1 aliphatic rings. The van der Waals surface area contributed by atoms with Crippen LogP contribution in [0.5, 0.6) is 0 Å². The summed E-state index contributed by atoms with van der Waals surface area (Å²) in [5, 5.41) is 0. The third-order valence-corrected chi connectivity index (χ3v) is 2.87. The maximum atomic E-state index is 11.9. The molecule has 1 saturated heterocycles. The molecular weight excluding hydrogens is 206 g/mol. The van der Waals surface area contributed by atoms with Crippen molar-refractivity contribution in [1.29, 1.82) is 0 Å². The highest BCUT2D eigenvalue weighted by Crippen LogP contribution is 2.18. The van der Waals surface area contributed by atoms with Crippen LogP contribution in [0.4, 0.5) is 4.79 Å². The molecule has 3 unspecified atom stereocenters. The zero-order valence-electron chi connectivity index (χ0n) is 10.6. The first-order valence-electron chi connectivity index (χ1n) is 5.73. The summed E-state index contributed by atoms with van der Waals surface area (Å²) in [5.74, 6) is 0. The highest BCUT2D eigenvalue weighted by Gasteiger charge is 2.35. The molecule has 0 saturated carbocycles. The van der Waals surface area contributed by atoms with Crippen molar-refractivity contribution in [3.63, 3.8) is 0 Å². The molecule has 0 aromatic carbocycles. The molecule has 0 aromatic heterocycles. The number of ether oxygens (including phenoxy) is 1. The maximum Gasteiger partial charge on any atom is 0.410 e. The SMILES string of the molecule is CC1C(N)C(N)CCN1C(=O)OC(C)(C)C. The van der Waals surface area contributed by atoms with Crippen molar-refractivity contribution in [3.05, 3.63) is 0 Å². The Morgan fingerprint density at radius 3 is 2.44 bits per heavy atom. The van der Waals surface area contributed by atoms with Gasteiger partial charge in [-0.1, -0.05) is 0 Å². The molecule has 5 nitrogen and oxygen atoms in total. The standard InChI is InChI=1S/C11H23N3O2/c1-7-9(13)8(12)5-6-14(7)10(15)16-11(2,3)4/h7-9H,5-6,12-13H2,1-4H3. The highest BCUT2D eigenvalue weighted by atomic mass is 16.6. The van der Waals surface area contributed by atoms with Crippen LogP contribution in [0.25, 0.3) is 0 Å². The minimum Gasteiger partial charge on any atom is -0.444 e. The molecule has 4 N–H and O–H groups in total. The largest absolute Gasteiger partial charge is 0.444 e. The summed E-state index contributed by atoms with van der Waals surface area (Å²) in [7, 11) is 0. The average Bonchev–Trinajstić information content (AvgIpc) is 2.11. The van der Waals surface area contributed by atoms with Gasteiger partial charge in [-0.05, 0) is 34.1 Å². The van der Waals surface area contributed by atoms with Crippen LogP contribution in [0, 0.1) is 0 Å². The molecule has 3 atom stereocenters. The third kappa shape index (κ3) is 3.09.